The normalized spacial score (nSPS) is 17.4. The topological polar surface area (TPSA) is 23.6 Å². The molecule has 3 nitrogen and oxygen atoms in total. The third-order valence-corrected chi connectivity index (χ3v) is 4.14. The van der Waals surface area contributed by atoms with E-state index >= 15 is 0 Å². The van der Waals surface area contributed by atoms with Crippen LogP contribution in [-0.2, 0) is 4.79 Å². The summed E-state index contributed by atoms with van der Waals surface area (Å²) in [6.45, 7) is 7.34. The average molecular weight is 281 g/mol. The van der Waals surface area contributed by atoms with Crippen molar-refractivity contribution < 1.29 is 4.79 Å². The van der Waals surface area contributed by atoms with Gasteiger partial charge in [-0.15, -0.1) is 0 Å². The summed E-state index contributed by atoms with van der Waals surface area (Å²) in [5, 5.41) is 0.782. The SMILES string of the molecule is CC[C@@H](C)C(=O)N1CCN(c2ccccc2Cl)CC1. The largest absolute Gasteiger partial charge is 0.367 e. The predicted molar refractivity (Wildman–Crippen MR) is 79.7 cm³/mol. The Bertz CT molecular complexity index is 442. The smallest absolute Gasteiger partial charge is 0.225 e. The van der Waals surface area contributed by atoms with Crippen LogP contribution in [0.15, 0.2) is 24.3 Å². The first-order valence-corrected chi connectivity index (χ1v) is 7.29. The molecule has 0 aliphatic carbocycles. The van der Waals surface area contributed by atoms with Crippen molar-refractivity contribution >= 4 is 23.2 Å². The summed E-state index contributed by atoms with van der Waals surface area (Å²) in [5.74, 6) is 0.410. The highest BCUT2D eigenvalue weighted by Gasteiger charge is 2.24. The molecule has 0 aromatic heterocycles. The van der Waals surface area contributed by atoms with Gasteiger partial charge in [0.05, 0.1) is 10.7 Å². The number of carbonyl (C=O) groups is 1. The fraction of sp³-hybridized carbons (Fsp3) is 0.533. The lowest BCUT2D eigenvalue weighted by Crippen LogP contribution is -2.50. The number of nitrogens with zero attached hydrogens (tertiary/aromatic N) is 2. The van der Waals surface area contributed by atoms with E-state index in [2.05, 4.69) is 11.8 Å². The van der Waals surface area contributed by atoms with Crippen LogP contribution >= 0.6 is 11.6 Å². The lowest BCUT2D eigenvalue weighted by molar-refractivity contribution is -0.135. The first kappa shape index (κ1) is 14.2. The van der Waals surface area contributed by atoms with E-state index in [9.17, 15) is 4.79 Å². The Morgan fingerprint density at radius 2 is 1.89 bits per heavy atom. The third-order valence-electron chi connectivity index (χ3n) is 3.82. The van der Waals surface area contributed by atoms with E-state index < -0.39 is 0 Å². The maximum absolute atomic E-state index is 12.1. The maximum atomic E-state index is 12.1. The van der Waals surface area contributed by atoms with Gasteiger partial charge in [-0.05, 0) is 18.6 Å². The number of piperazine rings is 1. The molecule has 0 saturated carbocycles. The minimum atomic E-state index is 0.131. The molecule has 0 bridgehead atoms. The van der Waals surface area contributed by atoms with Crippen LogP contribution in [0.2, 0.25) is 5.02 Å². The number of hydrogen-bond acceptors (Lipinski definition) is 2. The van der Waals surface area contributed by atoms with Crippen molar-refractivity contribution in [3.63, 3.8) is 0 Å². The zero-order chi connectivity index (χ0) is 13.8. The second kappa shape index (κ2) is 6.29. The summed E-state index contributed by atoms with van der Waals surface area (Å²) in [4.78, 5) is 16.3. The highest BCUT2D eigenvalue weighted by Crippen LogP contribution is 2.26. The van der Waals surface area contributed by atoms with Gasteiger partial charge in [0.25, 0.3) is 0 Å². The van der Waals surface area contributed by atoms with Crippen molar-refractivity contribution in [2.24, 2.45) is 5.92 Å². The van der Waals surface area contributed by atoms with Gasteiger partial charge in [-0.25, -0.2) is 0 Å². The molecule has 104 valence electrons. The highest BCUT2D eigenvalue weighted by molar-refractivity contribution is 6.33. The van der Waals surface area contributed by atoms with E-state index in [0.717, 1.165) is 43.3 Å². The molecule has 0 radical (unpaired) electrons. The van der Waals surface area contributed by atoms with Crippen LogP contribution < -0.4 is 4.90 Å². The van der Waals surface area contributed by atoms with Crippen LogP contribution in [0.5, 0.6) is 0 Å². The first-order chi connectivity index (χ1) is 9.13. The molecule has 1 fully saturated rings. The molecule has 1 aromatic rings. The second-order valence-corrected chi connectivity index (χ2v) is 5.48. The van der Waals surface area contributed by atoms with Gasteiger partial charge in [-0.2, -0.15) is 0 Å². The van der Waals surface area contributed by atoms with E-state index in [0.29, 0.717) is 0 Å². The molecule has 1 saturated heterocycles. The first-order valence-electron chi connectivity index (χ1n) is 6.91. The van der Waals surface area contributed by atoms with Gasteiger partial charge in [0.15, 0.2) is 0 Å². The Balaban J connectivity index is 1.96. The van der Waals surface area contributed by atoms with Crippen LogP contribution in [0.25, 0.3) is 0 Å². The molecule has 0 N–H and O–H groups in total. The molecule has 1 heterocycles. The monoisotopic (exact) mass is 280 g/mol. The molecule has 1 aliphatic rings. The van der Waals surface area contributed by atoms with E-state index in [1.54, 1.807) is 0 Å². The minimum absolute atomic E-state index is 0.131. The summed E-state index contributed by atoms with van der Waals surface area (Å²) >= 11 is 6.21. The Morgan fingerprint density at radius 1 is 1.26 bits per heavy atom. The summed E-state index contributed by atoms with van der Waals surface area (Å²) in [6.07, 6.45) is 0.906. The van der Waals surface area contributed by atoms with Gasteiger partial charge in [-0.3, -0.25) is 4.79 Å². The average Bonchev–Trinajstić information content (AvgIpc) is 2.46. The quantitative estimate of drug-likeness (QED) is 0.850. The van der Waals surface area contributed by atoms with Crippen molar-refractivity contribution in [2.75, 3.05) is 31.1 Å². The summed E-state index contributed by atoms with van der Waals surface area (Å²) < 4.78 is 0. The van der Waals surface area contributed by atoms with Gasteiger partial charge < -0.3 is 9.80 Å². The number of rotatable bonds is 3. The van der Waals surface area contributed by atoms with Crippen molar-refractivity contribution in [1.29, 1.82) is 0 Å². The van der Waals surface area contributed by atoms with Gasteiger partial charge in [-0.1, -0.05) is 37.6 Å². The maximum Gasteiger partial charge on any atom is 0.225 e. The molecule has 1 aliphatic heterocycles. The van der Waals surface area contributed by atoms with Crippen molar-refractivity contribution in [2.45, 2.75) is 20.3 Å². The van der Waals surface area contributed by atoms with Gasteiger partial charge in [0, 0.05) is 32.1 Å². The minimum Gasteiger partial charge on any atom is -0.367 e. The van der Waals surface area contributed by atoms with Gasteiger partial charge >= 0.3 is 0 Å². The van der Waals surface area contributed by atoms with Crippen LogP contribution in [-0.4, -0.2) is 37.0 Å². The van der Waals surface area contributed by atoms with Crippen LogP contribution in [0.3, 0.4) is 0 Å². The lowest BCUT2D eigenvalue weighted by Gasteiger charge is -2.37. The number of amides is 1. The third kappa shape index (κ3) is 3.21. The van der Waals surface area contributed by atoms with Crippen molar-refractivity contribution in [3.8, 4) is 0 Å². The summed E-state index contributed by atoms with van der Waals surface area (Å²) in [7, 11) is 0. The molecule has 0 unspecified atom stereocenters. The number of carbonyl (C=O) groups excluding carboxylic acids is 1. The molecule has 1 atom stereocenters. The molecular formula is C15H21ClN2O. The standard InChI is InChI=1S/C15H21ClN2O/c1-3-12(2)15(19)18-10-8-17(9-11-18)14-7-5-4-6-13(14)16/h4-7,12H,3,8-11H2,1-2H3/t12-/m1/s1. The summed E-state index contributed by atoms with van der Waals surface area (Å²) in [6, 6.07) is 7.88. The van der Waals surface area contributed by atoms with Crippen LogP contribution in [0.4, 0.5) is 5.69 Å². The number of para-hydroxylation sites is 1. The zero-order valence-corrected chi connectivity index (χ0v) is 12.4. The van der Waals surface area contributed by atoms with Crippen LogP contribution in [0, 0.1) is 5.92 Å². The van der Waals surface area contributed by atoms with Gasteiger partial charge in [0.2, 0.25) is 5.91 Å². The molecule has 0 spiro atoms. The van der Waals surface area contributed by atoms with Crippen molar-refractivity contribution in [1.82, 2.24) is 4.90 Å². The highest BCUT2D eigenvalue weighted by atomic mass is 35.5. The second-order valence-electron chi connectivity index (χ2n) is 5.07. The van der Waals surface area contributed by atoms with Crippen molar-refractivity contribution in [3.05, 3.63) is 29.3 Å². The number of anilines is 1. The molecule has 1 amide bonds. The zero-order valence-electron chi connectivity index (χ0n) is 11.6. The number of halogens is 1. The van der Waals surface area contributed by atoms with Gasteiger partial charge in [0.1, 0.15) is 0 Å². The van der Waals surface area contributed by atoms with E-state index in [-0.39, 0.29) is 11.8 Å². The summed E-state index contributed by atoms with van der Waals surface area (Å²) in [5.41, 5.74) is 1.07. The van der Waals surface area contributed by atoms with Crippen LogP contribution in [0.1, 0.15) is 20.3 Å². The van der Waals surface area contributed by atoms with E-state index in [1.807, 2.05) is 36.1 Å². The molecule has 1 aromatic carbocycles. The fourth-order valence-electron chi connectivity index (χ4n) is 2.36. The Labute approximate surface area is 120 Å². The predicted octanol–water partition coefficient (Wildman–Crippen LogP) is 3.03. The Morgan fingerprint density at radius 3 is 2.47 bits per heavy atom. The molecule has 2 rings (SSSR count). The Hall–Kier alpha value is -1.22. The number of benzene rings is 1. The molecule has 19 heavy (non-hydrogen) atoms. The lowest BCUT2D eigenvalue weighted by atomic mass is 10.1. The molecular weight excluding hydrogens is 260 g/mol. The molecule has 4 heteroatoms. The van der Waals surface area contributed by atoms with E-state index in [4.69, 9.17) is 11.6 Å². The number of hydrogen-bond donors (Lipinski definition) is 0. The fourth-order valence-corrected chi connectivity index (χ4v) is 2.62. The Kier molecular flexibility index (Phi) is 4.70. The van der Waals surface area contributed by atoms with E-state index in [1.165, 1.54) is 0 Å².